The van der Waals surface area contributed by atoms with Gasteiger partial charge in [0.2, 0.25) is 0 Å². The highest BCUT2D eigenvalue weighted by atomic mass is 31.1. The zero-order chi connectivity index (χ0) is 14.5. The molecule has 1 unspecified atom stereocenters. The molecule has 2 aliphatic rings. The SMILES string of the molecule is O=[PH](Oc1ccccc1)c1ccccc1.c1cc2ccc1-2. The Balaban J connectivity index is 0.000000180. The molecular formula is C18H15O2P. The van der Waals surface area contributed by atoms with Crippen LogP contribution in [0.3, 0.4) is 0 Å². The van der Waals surface area contributed by atoms with E-state index in [4.69, 9.17) is 4.52 Å². The van der Waals surface area contributed by atoms with Gasteiger partial charge in [0.05, 0.1) is 0 Å². The van der Waals surface area contributed by atoms with Crippen LogP contribution in [0.1, 0.15) is 0 Å². The first-order valence-corrected chi connectivity index (χ1v) is 8.07. The fourth-order valence-corrected chi connectivity index (χ4v) is 2.82. The largest absolute Gasteiger partial charge is 0.442 e. The zero-order valence-corrected chi connectivity index (χ0v) is 12.4. The van der Waals surface area contributed by atoms with Crippen LogP contribution in [-0.4, -0.2) is 0 Å². The maximum atomic E-state index is 11.8. The van der Waals surface area contributed by atoms with E-state index in [-0.39, 0.29) is 0 Å². The lowest BCUT2D eigenvalue weighted by atomic mass is 9.95. The van der Waals surface area contributed by atoms with E-state index >= 15 is 0 Å². The minimum Gasteiger partial charge on any atom is -0.442 e. The van der Waals surface area contributed by atoms with Gasteiger partial charge >= 0.3 is 0 Å². The highest BCUT2D eigenvalue weighted by molar-refractivity contribution is 7.48. The van der Waals surface area contributed by atoms with E-state index < -0.39 is 8.03 Å². The molecule has 0 spiro atoms. The van der Waals surface area contributed by atoms with Gasteiger partial charge in [-0.2, -0.15) is 0 Å². The summed E-state index contributed by atoms with van der Waals surface area (Å²) in [5.41, 5.74) is 2.85. The molecule has 0 saturated carbocycles. The van der Waals surface area contributed by atoms with Crippen molar-refractivity contribution in [2.45, 2.75) is 0 Å². The highest BCUT2D eigenvalue weighted by Crippen LogP contribution is 2.29. The molecule has 2 nitrogen and oxygen atoms in total. The van der Waals surface area contributed by atoms with Crippen molar-refractivity contribution in [2.75, 3.05) is 0 Å². The van der Waals surface area contributed by atoms with Crippen molar-refractivity contribution >= 4 is 13.3 Å². The predicted octanol–water partition coefficient (Wildman–Crippen LogP) is 4.53. The molecule has 0 amide bonds. The van der Waals surface area contributed by atoms with Crippen molar-refractivity contribution < 1.29 is 9.09 Å². The molecule has 0 saturated heterocycles. The van der Waals surface area contributed by atoms with Crippen LogP contribution < -0.4 is 9.83 Å². The standard InChI is InChI=1S/C12H11O2P.C6H4/c13-15(12-9-5-2-6-10-12)14-11-7-3-1-4-8-11;1-2-6-4-3-5(1)6/h1-10,15H;1-4H. The number of hydrogen-bond acceptors (Lipinski definition) is 2. The van der Waals surface area contributed by atoms with Crippen LogP contribution in [0.4, 0.5) is 0 Å². The number of hydrogen-bond donors (Lipinski definition) is 0. The Morgan fingerprint density at radius 3 is 1.52 bits per heavy atom. The van der Waals surface area contributed by atoms with Crippen molar-refractivity contribution in [3.63, 3.8) is 0 Å². The number of para-hydroxylation sites is 1. The zero-order valence-electron chi connectivity index (χ0n) is 11.4. The fraction of sp³-hybridized carbons (Fsp3) is 0. The first-order valence-electron chi connectivity index (χ1n) is 6.76. The van der Waals surface area contributed by atoms with E-state index in [0.717, 1.165) is 5.30 Å². The lowest BCUT2D eigenvalue weighted by Crippen LogP contribution is -1.98. The Morgan fingerprint density at radius 1 is 0.619 bits per heavy atom. The molecule has 3 heteroatoms. The summed E-state index contributed by atoms with van der Waals surface area (Å²) in [4.78, 5) is 0. The Hall–Kier alpha value is -2.31. The summed E-state index contributed by atoms with van der Waals surface area (Å²) >= 11 is 0. The monoisotopic (exact) mass is 294 g/mol. The quantitative estimate of drug-likeness (QED) is 0.519. The van der Waals surface area contributed by atoms with Gasteiger partial charge in [0.1, 0.15) is 5.75 Å². The van der Waals surface area contributed by atoms with E-state index in [1.807, 2.05) is 48.5 Å². The maximum Gasteiger partial charge on any atom is 0.265 e. The Labute approximate surface area is 124 Å². The summed E-state index contributed by atoms with van der Waals surface area (Å²) in [5.74, 6) is 0.644. The Morgan fingerprint density at radius 2 is 1.10 bits per heavy atom. The minimum absolute atomic E-state index is 0.644. The van der Waals surface area contributed by atoms with Crippen molar-refractivity contribution in [1.82, 2.24) is 0 Å². The van der Waals surface area contributed by atoms with Gasteiger partial charge in [-0.05, 0) is 35.4 Å². The number of rotatable bonds is 3. The van der Waals surface area contributed by atoms with Crippen LogP contribution in [0.5, 0.6) is 5.75 Å². The Kier molecular flexibility index (Phi) is 4.18. The predicted molar refractivity (Wildman–Crippen MR) is 87.6 cm³/mol. The molecule has 0 aromatic heterocycles. The van der Waals surface area contributed by atoms with Crippen LogP contribution >= 0.6 is 8.03 Å². The van der Waals surface area contributed by atoms with E-state index in [9.17, 15) is 4.57 Å². The summed E-state index contributed by atoms with van der Waals surface area (Å²) in [6.07, 6.45) is 0. The van der Waals surface area contributed by atoms with Crippen molar-refractivity contribution in [3.8, 4) is 16.9 Å². The molecular weight excluding hydrogens is 279 g/mol. The second-order valence-corrected chi connectivity index (χ2v) is 6.00. The smallest absolute Gasteiger partial charge is 0.265 e. The van der Waals surface area contributed by atoms with Crippen LogP contribution in [0.2, 0.25) is 0 Å². The second kappa shape index (κ2) is 6.43. The fourth-order valence-electron chi connectivity index (χ4n) is 1.89. The third kappa shape index (κ3) is 3.42. The van der Waals surface area contributed by atoms with E-state index in [2.05, 4.69) is 24.3 Å². The van der Waals surface area contributed by atoms with Crippen LogP contribution in [0.25, 0.3) is 11.1 Å². The second-order valence-electron chi connectivity index (χ2n) is 4.65. The van der Waals surface area contributed by atoms with Gasteiger partial charge in [0, 0.05) is 5.30 Å². The molecule has 0 heterocycles. The summed E-state index contributed by atoms with van der Waals surface area (Å²) in [7, 11) is -2.17. The summed E-state index contributed by atoms with van der Waals surface area (Å²) < 4.78 is 17.1. The lowest BCUT2D eigenvalue weighted by Gasteiger charge is -2.10. The molecule has 104 valence electrons. The van der Waals surface area contributed by atoms with Gasteiger partial charge in [0.15, 0.2) is 0 Å². The molecule has 2 aromatic rings. The molecule has 21 heavy (non-hydrogen) atoms. The van der Waals surface area contributed by atoms with Gasteiger partial charge in [-0.15, -0.1) is 0 Å². The molecule has 2 aromatic carbocycles. The highest BCUT2D eigenvalue weighted by Gasteiger charge is 2.04. The summed E-state index contributed by atoms with van der Waals surface area (Å²) in [6.45, 7) is 0. The van der Waals surface area contributed by atoms with Crippen molar-refractivity contribution in [3.05, 3.63) is 84.9 Å². The molecule has 0 bridgehead atoms. The molecule has 0 aliphatic heterocycles. The van der Waals surface area contributed by atoms with Gasteiger partial charge < -0.3 is 4.52 Å². The van der Waals surface area contributed by atoms with Gasteiger partial charge in [-0.3, -0.25) is 4.57 Å². The first-order chi connectivity index (χ1) is 10.3. The van der Waals surface area contributed by atoms with Crippen molar-refractivity contribution in [1.29, 1.82) is 0 Å². The minimum atomic E-state index is -2.17. The normalized spacial score (nSPS) is 11.8. The molecule has 0 fully saturated rings. The van der Waals surface area contributed by atoms with E-state index in [1.54, 1.807) is 12.1 Å². The topological polar surface area (TPSA) is 26.3 Å². The third-order valence-corrected chi connectivity index (χ3v) is 4.41. The molecule has 0 N–H and O–H groups in total. The summed E-state index contributed by atoms with van der Waals surface area (Å²) in [5, 5.41) is 0.742. The van der Waals surface area contributed by atoms with Crippen molar-refractivity contribution in [2.24, 2.45) is 0 Å². The van der Waals surface area contributed by atoms with Gasteiger partial charge in [-0.25, -0.2) is 0 Å². The number of benzene rings is 3. The van der Waals surface area contributed by atoms with Gasteiger partial charge in [-0.1, -0.05) is 60.7 Å². The maximum absolute atomic E-state index is 11.8. The molecule has 0 radical (unpaired) electrons. The molecule has 4 rings (SSSR count). The molecule has 1 atom stereocenters. The lowest BCUT2D eigenvalue weighted by molar-refractivity contribution is 0.514. The molecule has 2 aliphatic carbocycles. The number of fused-ring (bicyclic) bond motifs is 1. The average Bonchev–Trinajstić information content (AvgIpc) is 2.53. The third-order valence-electron chi connectivity index (χ3n) is 3.18. The van der Waals surface area contributed by atoms with Gasteiger partial charge in [0.25, 0.3) is 8.03 Å². The van der Waals surface area contributed by atoms with E-state index in [0.29, 0.717) is 5.75 Å². The summed E-state index contributed by atoms with van der Waals surface area (Å²) in [6, 6.07) is 26.9. The van der Waals surface area contributed by atoms with Crippen LogP contribution in [0.15, 0.2) is 84.9 Å². The average molecular weight is 294 g/mol. The first kappa shape index (κ1) is 13.7. The van der Waals surface area contributed by atoms with E-state index in [1.165, 1.54) is 11.1 Å². The Bertz CT molecular complexity index is 701. The van der Waals surface area contributed by atoms with Crippen LogP contribution in [0, 0.1) is 0 Å². The van der Waals surface area contributed by atoms with Crippen LogP contribution in [-0.2, 0) is 4.57 Å².